The molecule has 2 rings (SSSR count). The Morgan fingerprint density at radius 3 is 3.00 bits per heavy atom. The van der Waals surface area contributed by atoms with Crippen molar-refractivity contribution in [3.8, 4) is 0 Å². The zero-order valence-electron chi connectivity index (χ0n) is 11.2. The number of halogens is 1. The van der Waals surface area contributed by atoms with E-state index in [4.69, 9.17) is 21.3 Å². The highest BCUT2D eigenvalue weighted by Gasteiger charge is 2.23. The number of methoxy groups -OCH3 is 1. The van der Waals surface area contributed by atoms with Gasteiger partial charge in [-0.1, -0.05) is 6.92 Å². The third-order valence-corrected chi connectivity index (χ3v) is 3.76. The van der Waals surface area contributed by atoms with Crippen LogP contribution in [0.25, 0.3) is 0 Å². The van der Waals surface area contributed by atoms with Crippen molar-refractivity contribution < 1.29 is 4.74 Å². The van der Waals surface area contributed by atoms with Gasteiger partial charge in [-0.15, -0.1) is 11.6 Å². The molecule has 1 aliphatic rings. The number of anilines is 1. The summed E-state index contributed by atoms with van der Waals surface area (Å²) < 4.78 is 5.23. The molecule has 18 heavy (non-hydrogen) atoms. The van der Waals surface area contributed by atoms with Gasteiger partial charge in [0.05, 0.1) is 6.61 Å². The van der Waals surface area contributed by atoms with E-state index < -0.39 is 0 Å². The molecular weight excluding hydrogens is 248 g/mol. The van der Waals surface area contributed by atoms with Gasteiger partial charge in [0.1, 0.15) is 5.82 Å². The first-order valence-electron chi connectivity index (χ1n) is 6.56. The van der Waals surface area contributed by atoms with Gasteiger partial charge >= 0.3 is 0 Å². The highest BCUT2D eigenvalue weighted by Crippen LogP contribution is 2.24. The van der Waals surface area contributed by atoms with Crippen LogP contribution in [0.1, 0.15) is 24.6 Å². The summed E-state index contributed by atoms with van der Waals surface area (Å²) in [7, 11) is 1.77. The summed E-state index contributed by atoms with van der Waals surface area (Å²) in [5, 5.41) is 0. The van der Waals surface area contributed by atoms with E-state index >= 15 is 0 Å². The molecular formula is C14H21ClN2O. The maximum Gasteiger partial charge on any atom is 0.129 e. The van der Waals surface area contributed by atoms with Gasteiger partial charge in [-0.25, -0.2) is 4.98 Å². The van der Waals surface area contributed by atoms with E-state index in [1.54, 1.807) is 7.11 Å². The maximum atomic E-state index is 5.95. The van der Waals surface area contributed by atoms with Crippen LogP contribution in [0.15, 0.2) is 12.1 Å². The van der Waals surface area contributed by atoms with E-state index in [-0.39, 0.29) is 0 Å². The number of pyridine rings is 1. The monoisotopic (exact) mass is 268 g/mol. The third-order valence-electron chi connectivity index (χ3n) is 3.45. The first-order valence-corrected chi connectivity index (χ1v) is 7.10. The summed E-state index contributed by atoms with van der Waals surface area (Å²) >= 11 is 5.95. The second-order valence-corrected chi connectivity index (χ2v) is 5.14. The van der Waals surface area contributed by atoms with Crippen LogP contribution < -0.4 is 4.90 Å². The molecule has 1 aromatic rings. The van der Waals surface area contributed by atoms with Crippen molar-refractivity contribution >= 4 is 17.4 Å². The average molecular weight is 269 g/mol. The van der Waals surface area contributed by atoms with Gasteiger partial charge in [-0.05, 0) is 30.5 Å². The number of nitrogens with zero attached hydrogens (tertiary/aromatic N) is 2. The molecule has 3 nitrogen and oxygen atoms in total. The van der Waals surface area contributed by atoms with Gasteiger partial charge in [-0.2, -0.15) is 0 Å². The van der Waals surface area contributed by atoms with Gasteiger partial charge in [-0.3, -0.25) is 0 Å². The minimum absolute atomic E-state index is 0.553. The van der Waals surface area contributed by atoms with Crippen molar-refractivity contribution in [3.05, 3.63) is 23.4 Å². The quantitative estimate of drug-likeness (QED) is 0.768. The van der Waals surface area contributed by atoms with Crippen LogP contribution >= 0.6 is 11.6 Å². The molecule has 1 atom stereocenters. The van der Waals surface area contributed by atoms with Crippen molar-refractivity contribution in [2.45, 2.75) is 25.6 Å². The molecule has 0 aromatic carbocycles. The molecule has 1 aliphatic heterocycles. The fourth-order valence-electron chi connectivity index (χ4n) is 2.47. The fourth-order valence-corrected chi connectivity index (χ4v) is 2.62. The Labute approximate surface area is 114 Å². The number of rotatable bonds is 5. The summed E-state index contributed by atoms with van der Waals surface area (Å²) in [6.07, 6.45) is 2.13. The van der Waals surface area contributed by atoms with Crippen molar-refractivity contribution in [2.24, 2.45) is 5.92 Å². The Morgan fingerprint density at radius 2 is 2.33 bits per heavy atom. The molecule has 1 aromatic heterocycles. The van der Waals surface area contributed by atoms with Crippen LogP contribution in [-0.2, 0) is 17.0 Å². The second kappa shape index (κ2) is 6.39. The standard InChI is InChI=1S/C14H21ClN2O/c1-3-13-6-12(8-15)7-14(16-13)17-5-4-11(9-17)10-18-2/h6-7,11H,3-5,8-10H2,1-2H3. The number of aromatic nitrogens is 1. The van der Waals surface area contributed by atoms with Crippen LogP contribution in [0.5, 0.6) is 0 Å². The molecule has 4 heteroatoms. The van der Waals surface area contributed by atoms with Gasteiger partial charge in [0.15, 0.2) is 0 Å². The van der Waals surface area contributed by atoms with Gasteiger partial charge < -0.3 is 9.64 Å². The van der Waals surface area contributed by atoms with E-state index in [2.05, 4.69) is 24.0 Å². The minimum Gasteiger partial charge on any atom is -0.384 e. The zero-order valence-corrected chi connectivity index (χ0v) is 11.9. The topological polar surface area (TPSA) is 25.4 Å². The first kappa shape index (κ1) is 13.6. The molecule has 1 saturated heterocycles. The van der Waals surface area contributed by atoms with Crippen LogP contribution in [0.3, 0.4) is 0 Å². The molecule has 1 fully saturated rings. The van der Waals surface area contributed by atoms with E-state index in [1.807, 2.05) is 0 Å². The molecule has 100 valence electrons. The number of aryl methyl sites for hydroxylation is 1. The predicted molar refractivity (Wildman–Crippen MR) is 75.4 cm³/mol. The van der Waals surface area contributed by atoms with Gasteiger partial charge in [0.25, 0.3) is 0 Å². The lowest BCUT2D eigenvalue weighted by molar-refractivity contribution is 0.161. The molecule has 0 saturated carbocycles. The van der Waals surface area contributed by atoms with Gasteiger partial charge in [0, 0.05) is 37.7 Å². The summed E-state index contributed by atoms with van der Waals surface area (Å²) in [6, 6.07) is 4.21. The van der Waals surface area contributed by atoms with Crippen LogP contribution in [0, 0.1) is 5.92 Å². The number of alkyl halides is 1. The number of hydrogen-bond acceptors (Lipinski definition) is 3. The molecule has 1 unspecified atom stereocenters. The molecule has 0 bridgehead atoms. The summed E-state index contributed by atoms with van der Waals surface area (Å²) in [5.74, 6) is 2.25. The minimum atomic E-state index is 0.553. The number of hydrogen-bond donors (Lipinski definition) is 0. The summed E-state index contributed by atoms with van der Waals surface area (Å²) in [6.45, 7) is 5.07. The lowest BCUT2D eigenvalue weighted by Crippen LogP contribution is -2.22. The third kappa shape index (κ3) is 3.15. The van der Waals surface area contributed by atoms with E-state index in [1.165, 1.54) is 6.42 Å². The van der Waals surface area contributed by atoms with Crippen LogP contribution in [0.2, 0.25) is 0 Å². The largest absolute Gasteiger partial charge is 0.384 e. The molecule has 0 spiro atoms. The zero-order chi connectivity index (χ0) is 13.0. The molecule has 0 aliphatic carbocycles. The van der Waals surface area contributed by atoms with Gasteiger partial charge in [0.2, 0.25) is 0 Å². The molecule has 0 N–H and O–H groups in total. The smallest absolute Gasteiger partial charge is 0.129 e. The van der Waals surface area contributed by atoms with E-state index in [0.29, 0.717) is 11.8 Å². The highest BCUT2D eigenvalue weighted by atomic mass is 35.5. The average Bonchev–Trinajstić information content (AvgIpc) is 2.87. The van der Waals surface area contributed by atoms with Crippen molar-refractivity contribution in [1.29, 1.82) is 0 Å². The summed E-state index contributed by atoms with van der Waals surface area (Å²) in [5.41, 5.74) is 2.28. The SMILES string of the molecule is CCc1cc(CCl)cc(N2CCC(COC)C2)n1. The second-order valence-electron chi connectivity index (χ2n) is 4.87. The molecule has 2 heterocycles. The van der Waals surface area contributed by atoms with Crippen molar-refractivity contribution in [3.63, 3.8) is 0 Å². The van der Waals surface area contributed by atoms with Crippen molar-refractivity contribution in [2.75, 3.05) is 31.7 Å². The Balaban J connectivity index is 2.13. The highest BCUT2D eigenvalue weighted by molar-refractivity contribution is 6.17. The summed E-state index contributed by atoms with van der Waals surface area (Å²) in [4.78, 5) is 7.05. The first-order chi connectivity index (χ1) is 8.76. The lowest BCUT2D eigenvalue weighted by Gasteiger charge is -2.19. The van der Waals surface area contributed by atoms with Crippen molar-refractivity contribution in [1.82, 2.24) is 4.98 Å². The Hall–Kier alpha value is -0.800. The molecule has 0 radical (unpaired) electrons. The normalized spacial score (nSPS) is 19.5. The number of ether oxygens (including phenoxy) is 1. The molecule has 0 amide bonds. The fraction of sp³-hybridized carbons (Fsp3) is 0.643. The predicted octanol–water partition coefficient (Wildman–Crippen LogP) is 2.86. The van der Waals surface area contributed by atoms with Crippen LogP contribution in [-0.4, -0.2) is 31.8 Å². The lowest BCUT2D eigenvalue weighted by atomic mass is 10.1. The van der Waals surface area contributed by atoms with E-state index in [9.17, 15) is 0 Å². The Kier molecular flexibility index (Phi) is 4.84. The Bertz CT molecular complexity index is 375. The maximum absolute atomic E-state index is 5.95. The van der Waals surface area contributed by atoms with E-state index in [0.717, 1.165) is 43.2 Å². The Morgan fingerprint density at radius 1 is 1.50 bits per heavy atom. The van der Waals surface area contributed by atoms with Crippen LogP contribution in [0.4, 0.5) is 5.82 Å².